The number of carbonyl (C=O) groups excluding carboxylic acids is 4. The molecule has 3 rings (SSSR count). The standard InChI is InChI=1S/C12H7NO5/c14-9-5-8(12(17)18-9)13-10(15)6-3-1-2-4-7(6)11(13)16/h1-4,8H,5H2/t8-/m0/s1. The van der Waals surface area contributed by atoms with E-state index in [4.69, 9.17) is 0 Å². The van der Waals surface area contributed by atoms with Gasteiger partial charge in [-0.1, -0.05) is 12.1 Å². The fourth-order valence-electron chi connectivity index (χ4n) is 2.15. The minimum atomic E-state index is -1.13. The fraction of sp³-hybridized carbons (Fsp3) is 0.167. The van der Waals surface area contributed by atoms with Crippen molar-refractivity contribution in [2.75, 3.05) is 0 Å². The minimum absolute atomic E-state index is 0.245. The molecule has 0 saturated carbocycles. The SMILES string of the molecule is O=C1C[C@H](N2C(=O)c3ccccc3C2=O)C(=O)O1. The second kappa shape index (κ2) is 3.49. The lowest BCUT2D eigenvalue weighted by molar-refractivity contribution is -0.153. The highest BCUT2D eigenvalue weighted by molar-refractivity contribution is 6.23. The molecule has 1 atom stereocenters. The zero-order chi connectivity index (χ0) is 12.9. The fourth-order valence-corrected chi connectivity index (χ4v) is 2.15. The molecule has 1 saturated heterocycles. The summed E-state index contributed by atoms with van der Waals surface area (Å²) < 4.78 is 4.36. The molecular formula is C12H7NO5. The van der Waals surface area contributed by atoms with E-state index in [1.807, 2.05) is 0 Å². The van der Waals surface area contributed by atoms with Crippen LogP contribution in [0.15, 0.2) is 24.3 Å². The molecule has 0 spiro atoms. The van der Waals surface area contributed by atoms with Gasteiger partial charge in [-0.3, -0.25) is 19.3 Å². The van der Waals surface area contributed by atoms with E-state index in [0.717, 1.165) is 4.90 Å². The number of rotatable bonds is 1. The number of nitrogens with zero attached hydrogens (tertiary/aromatic N) is 1. The van der Waals surface area contributed by atoms with Gasteiger partial charge in [-0.25, -0.2) is 4.79 Å². The van der Waals surface area contributed by atoms with Gasteiger partial charge in [-0.05, 0) is 12.1 Å². The van der Waals surface area contributed by atoms with E-state index in [9.17, 15) is 19.2 Å². The van der Waals surface area contributed by atoms with Gasteiger partial charge < -0.3 is 4.74 Å². The number of esters is 2. The summed E-state index contributed by atoms with van der Waals surface area (Å²) in [7, 11) is 0. The topological polar surface area (TPSA) is 80.8 Å². The van der Waals surface area contributed by atoms with Gasteiger partial charge in [0.15, 0.2) is 0 Å². The van der Waals surface area contributed by atoms with Crippen molar-refractivity contribution in [3.05, 3.63) is 35.4 Å². The highest BCUT2D eigenvalue weighted by atomic mass is 16.6. The Morgan fingerprint density at radius 2 is 1.56 bits per heavy atom. The van der Waals surface area contributed by atoms with Crippen LogP contribution in [0, 0.1) is 0 Å². The zero-order valence-electron chi connectivity index (χ0n) is 9.08. The average Bonchev–Trinajstić information content (AvgIpc) is 2.79. The molecule has 18 heavy (non-hydrogen) atoms. The Morgan fingerprint density at radius 1 is 1.00 bits per heavy atom. The summed E-state index contributed by atoms with van der Waals surface area (Å²) in [6.45, 7) is 0. The van der Waals surface area contributed by atoms with Gasteiger partial charge in [0.1, 0.15) is 6.04 Å². The van der Waals surface area contributed by atoms with Crippen molar-refractivity contribution in [3.8, 4) is 0 Å². The van der Waals surface area contributed by atoms with Crippen molar-refractivity contribution in [1.82, 2.24) is 4.90 Å². The summed E-state index contributed by atoms with van der Waals surface area (Å²) in [6.07, 6.45) is -0.274. The molecule has 6 nitrogen and oxygen atoms in total. The molecule has 0 bridgehead atoms. The second-order valence-corrected chi connectivity index (χ2v) is 4.04. The molecule has 1 aromatic rings. The Hall–Kier alpha value is -2.50. The maximum Gasteiger partial charge on any atom is 0.337 e. The van der Waals surface area contributed by atoms with E-state index >= 15 is 0 Å². The van der Waals surface area contributed by atoms with Gasteiger partial charge in [-0.2, -0.15) is 0 Å². The van der Waals surface area contributed by atoms with Crippen LogP contribution in [0.1, 0.15) is 27.1 Å². The Morgan fingerprint density at radius 3 is 2.00 bits per heavy atom. The lowest BCUT2D eigenvalue weighted by Crippen LogP contribution is -2.42. The van der Waals surface area contributed by atoms with E-state index in [0.29, 0.717) is 0 Å². The average molecular weight is 245 g/mol. The third-order valence-corrected chi connectivity index (χ3v) is 2.98. The van der Waals surface area contributed by atoms with E-state index in [1.165, 1.54) is 12.1 Å². The van der Waals surface area contributed by atoms with Crippen LogP contribution in [0.25, 0.3) is 0 Å². The second-order valence-electron chi connectivity index (χ2n) is 4.04. The Balaban J connectivity index is 2.02. The highest BCUT2D eigenvalue weighted by Gasteiger charge is 2.47. The highest BCUT2D eigenvalue weighted by Crippen LogP contribution is 2.27. The number of carbonyl (C=O) groups is 4. The summed E-state index contributed by atoms with van der Waals surface area (Å²) in [5, 5.41) is 0. The predicted molar refractivity (Wildman–Crippen MR) is 56.4 cm³/mol. The minimum Gasteiger partial charge on any atom is -0.392 e. The molecule has 0 aromatic heterocycles. The van der Waals surface area contributed by atoms with Gasteiger partial charge in [0, 0.05) is 0 Å². The number of hydrogen-bond acceptors (Lipinski definition) is 5. The summed E-state index contributed by atoms with van der Waals surface area (Å²) in [5.74, 6) is -2.70. The first-order valence-corrected chi connectivity index (χ1v) is 5.31. The summed E-state index contributed by atoms with van der Waals surface area (Å²) in [5.41, 5.74) is 0.490. The Labute approximate surface area is 101 Å². The monoisotopic (exact) mass is 245 g/mol. The normalized spacial score (nSPS) is 22.4. The number of amides is 2. The number of benzene rings is 1. The third-order valence-electron chi connectivity index (χ3n) is 2.98. The van der Waals surface area contributed by atoms with Crippen LogP contribution in [0.2, 0.25) is 0 Å². The molecule has 2 amide bonds. The maximum atomic E-state index is 12.0. The summed E-state index contributed by atoms with van der Waals surface area (Å²) >= 11 is 0. The zero-order valence-corrected chi connectivity index (χ0v) is 9.08. The lowest BCUT2D eigenvalue weighted by atomic mass is 10.1. The quantitative estimate of drug-likeness (QED) is 0.399. The number of cyclic esters (lactones) is 2. The van der Waals surface area contributed by atoms with Crippen LogP contribution in [0.3, 0.4) is 0 Å². The number of ether oxygens (including phenoxy) is 1. The first-order chi connectivity index (χ1) is 8.59. The van der Waals surface area contributed by atoms with E-state index in [1.54, 1.807) is 12.1 Å². The van der Waals surface area contributed by atoms with Crippen LogP contribution in [-0.4, -0.2) is 34.7 Å². The van der Waals surface area contributed by atoms with Crippen molar-refractivity contribution in [3.63, 3.8) is 0 Å². The van der Waals surface area contributed by atoms with E-state index in [2.05, 4.69) is 4.74 Å². The van der Waals surface area contributed by atoms with Crippen molar-refractivity contribution in [1.29, 1.82) is 0 Å². The largest absolute Gasteiger partial charge is 0.392 e. The smallest absolute Gasteiger partial charge is 0.337 e. The molecule has 0 aliphatic carbocycles. The van der Waals surface area contributed by atoms with Crippen LogP contribution in [0.5, 0.6) is 0 Å². The molecule has 2 aliphatic heterocycles. The maximum absolute atomic E-state index is 12.0. The number of fused-ring (bicyclic) bond motifs is 1. The molecule has 2 aliphatic rings. The Kier molecular flexibility index (Phi) is 2.07. The molecule has 6 heteroatoms. The molecule has 0 N–H and O–H groups in total. The van der Waals surface area contributed by atoms with Crippen LogP contribution in [0.4, 0.5) is 0 Å². The van der Waals surface area contributed by atoms with Gasteiger partial charge in [0.05, 0.1) is 17.5 Å². The van der Waals surface area contributed by atoms with Crippen molar-refractivity contribution < 1.29 is 23.9 Å². The van der Waals surface area contributed by atoms with Gasteiger partial charge >= 0.3 is 11.9 Å². The van der Waals surface area contributed by atoms with Crippen LogP contribution >= 0.6 is 0 Å². The number of hydrogen-bond donors (Lipinski definition) is 0. The predicted octanol–water partition coefficient (Wildman–Crippen LogP) is 0.125. The first kappa shape index (κ1) is 10.6. The molecular weight excluding hydrogens is 238 g/mol. The van der Waals surface area contributed by atoms with Crippen LogP contribution in [-0.2, 0) is 14.3 Å². The van der Waals surface area contributed by atoms with Crippen molar-refractivity contribution in [2.45, 2.75) is 12.5 Å². The molecule has 2 heterocycles. The lowest BCUT2D eigenvalue weighted by Gasteiger charge is -2.17. The first-order valence-electron chi connectivity index (χ1n) is 5.31. The summed E-state index contributed by atoms with van der Waals surface area (Å²) in [4.78, 5) is 47.3. The van der Waals surface area contributed by atoms with Crippen molar-refractivity contribution in [2.24, 2.45) is 0 Å². The van der Waals surface area contributed by atoms with Gasteiger partial charge in [0.25, 0.3) is 11.8 Å². The van der Waals surface area contributed by atoms with E-state index in [-0.39, 0.29) is 17.5 Å². The molecule has 90 valence electrons. The molecule has 0 unspecified atom stereocenters. The molecule has 1 aromatic carbocycles. The summed E-state index contributed by atoms with van der Waals surface area (Å²) in [6, 6.07) is 5.15. The molecule has 1 fully saturated rings. The number of imide groups is 1. The van der Waals surface area contributed by atoms with Gasteiger partial charge in [0.2, 0.25) is 0 Å². The molecule has 0 radical (unpaired) electrons. The third kappa shape index (κ3) is 1.29. The van der Waals surface area contributed by atoms with Gasteiger partial charge in [-0.15, -0.1) is 0 Å². The Bertz CT molecular complexity index is 571. The van der Waals surface area contributed by atoms with Crippen LogP contribution < -0.4 is 0 Å². The van der Waals surface area contributed by atoms with E-state index < -0.39 is 29.8 Å². The van der Waals surface area contributed by atoms with Crippen molar-refractivity contribution >= 4 is 23.8 Å².